The van der Waals surface area contributed by atoms with Gasteiger partial charge in [-0.25, -0.2) is 4.79 Å². The van der Waals surface area contributed by atoms with Gasteiger partial charge < -0.3 is 5.11 Å². The lowest BCUT2D eigenvalue weighted by molar-refractivity contribution is -0.385. The van der Waals surface area contributed by atoms with Gasteiger partial charge in [0.05, 0.1) is 4.92 Å². The second kappa shape index (κ2) is 4.42. The third-order valence-electron chi connectivity index (χ3n) is 1.33. The van der Waals surface area contributed by atoms with Crippen LogP contribution in [0.1, 0.15) is 10.4 Å². The maximum atomic E-state index is 10.4. The Kier molecular flexibility index (Phi) is 3.87. The van der Waals surface area contributed by atoms with Crippen LogP contribution in [0.15, 0.2) is 24.3 Å². The number of halogens is 1. The Hall–Kier alpha value is -1.62. The number of benzene rings is 1. The number of carboxylic acid groups (broad SMARTS) is 1. The maximum absolute atomic E-state index is 10.4. The molecule has 0 radical (unpaired) electrons. The summed E-state index contributed by atoms with van der Waals surface area (Å²) in [5, 5.41) is 18.8. The van der Waals surface area contributed by atoms with Gasteiger partial charge in [0.15, 0.2) is 0 Å². The quantitative estimate of drug-likeness (QED) is 0.586. The lowest BCUT2D eigenvalue weighted by Gasteiger charge is -1.94. The first-order valence-electron chi connectivity index (χ1n) is 3.09. The van der Waals surface area contributed by atoms with E-state index < -0.39 is 10.9 Å². The van der Waals surface area contributed by atoms with E-state index in [1.807, 2.05) is 0 Å². The number of aromatic carboxylic acids is 1. The first kappa shape index (κ1) is 11.4. The standard InChI is InChI=1S/C7H5NO4.ClH/c9-7(10)5-3-1-2-4-6(5)8(11)12;/h1-4H,(H,9,10);1H. The second-order valence-corrected chi connectivity index (χ2v) is 2.08. The van der Waals surface area contributed by atoms with Crippen LogP contribution in [-0.4, -0.2) is 16.0 Å². The van der Waals surface area contributed by atoms with Crippen LogP contribution in [0.25, 0.3) is 0 Å². The summed E-state index contributed by atoms with van der Waals surface area (Å²) in [6.45, 7) is 0. The molecule has 5 nitrogen and oxygen atoms in total. The van der Waals surface area contributed by atoms with Gasteiger partial charge in [-0.2, -0.15) is 0 Å². The van der Waals surface area contributed by atoms with E-state index in [2.05, 4.69) is 0 Å². The summed E-state index contributed by atoms with van der Waals surface area (Å²) >= 11 is 0. The zero-order valence-electron chi connectivity index (χ0n) is 6.34. The second-order valence-electron chi connectivity index (χ2n) is 2.08. The average Bonchev–Trinajstić information content (AvgIpc) is 2.04. The largest absolute Gasteiger partial charge is 0.477 e. The van der Waals surface area contributed by atoms with E-state index in [-0.39, 0.29) is 23.7 Å². The van der Waals surface area contributed by atoms with Gasteiger partial charge in [-0.3, -0.25) is 10.1 Å². The number of carboxylic acids is 1. The molecule has 0 aliphatic heterocycles. The molecule has 0 aliphatic carbocycles. The lowest BCUT2D eigenvalue weighted by Crippen LogP contribution is -2.01. The van der Waals surface area contributed by atoms with E-state index in [9.17, 15) is 14.9 Å². The number of rotatable bonds is 2. The summed E-state index contributed by atoms with van der Waals surface area (Å²) in [6.07, 6.45) is 0. The molecule has 0 heterocycles. The highest BCUT2D eigenvalue weighted by molar-refractivity contribution is 5.92. The van der Waals surface area contributed by atoms with E-state index in [0.29, 0.717) is 0 Å². The number of carbonyl (C=O) groups is 1. The molecule has 1 N–H and O–H groups in total. The van der Waals surface area contributed by atoms with Crippen LogP contribution < -0.4 is 0 Å². The van der Waals surface area contributed by atoms with Crippen molar-refractivity contribution in [3.63, 3.8) is 0 Å². The van der Waals surface area contributed by atoms with Gasteiger partial charge in [-0.15, -0.1) is 12.4 Å². The zero-order valence-corrected chi connectivity index (χ0v) is 7.15. The number of para-hydroxylation sites is 1. The smallest absolute Gasteiger partial charge is 0.342 e. The number of nitro benzene ring substituents is 1. The van der Waals surface area contributed by atoms with Gasteiger partial charge in [0.25, 0.3) is 5.69 Å². The Morgan fingerprint density at radius 3 is 2.31 bits per heavy atom. The van der Waals surface area contributed by atoms with Crippen molar-refractivity contribution in [2.75, 3.05) is 0 Å². The van der Waals surface area contributed by atoms with Crippen molar-refractivity contribution in [2.24, 2.45) is 0 Å². The highest BCUT2D eigenvalue weighted by Crippen LogP contribution is 2.16. The molecule has 0 aliphatic rings. The minimum Gasteiger partial charge on any atom is -0.477 e. The highest BCUT2D eigenvalue weighted by Gasteiger charge is 2.17. The summed E-state index contributed by atoms with van der Waals surface area (Å²) in [6, 6.07) is 5.21. The summed E-state index contributed by atoms with van der Waals surface area (Å²) in [7, 11) is 0. The molecule has 0 bridgehead atoms. The Balaban J connectivity index is 0.00000144. The fraction of sp³-hybridized carbons (Fsp3) is 0. The van der Waals surface area contributed by atoms with Crippen molar-refractivity contribution in [3.8, 4) is 0 Å². The van der Waals surface area contributed by atoms with Crippen LogP contribution in [0.3, 0.4) is 0 Å². The normalized spacial score (nSPS) is 8.62. The highest BCUT2D eigenvalue weighted by atomic mass is 35.5. The number of hydrogen-bond donors (Lipinski definition) is 1. The molecule has 0 saturated carbocycles. The van der Waals surface area contributed by atoms with Crippen LogP contribution in [0.2, 0.25) is 0 Å². The lowest BCUT2D eigenvalue weighted by atomic mass is 10.2. The van der Waals surface area contributed by atoms with E-state index >= 15 is 0 Å². The van der Waals surface area contributed by atoms with E-state index in [4.69, 9.17) is 5.11 Å². The molecule has 0 amide bonds. The number of hydrogen-bond acceptors (Lipinski definition) is 3. The molecule has 0 unspecified atom stereocenters. The Morgan fingerprint density at radius 2 is 1.92 bits per heavy atom. The van der Waals surface area contributed by atoms with Gasteiger partial charge >= 0.3 is 5.97 Å². The van der Waals surface area contributed by atoms with Crippen LogP contribution in [0, 0.1) is 10.1 Å². The summed E-state index contributed by atoms with van der Waals surface area (Å²) in [5.41, 5.74) is -0.674. The fourth-order valence-corrected chi connectivity index (χ4v) is 0.814. The number of nitrogens with zero attached hydrogens (tertiary/aromatic N) is 1. The van der Waals surface area contributed by atoms with Gasteiger partial charge in [0.1, 0.15) is 5.56 Å². The molecule has 1 rings (SSSR count). The van der Waals surface area contributed by atoms with Gasteiger partial charge in [-0.1, -0.05) is 12.1 Å². The maximum Gasteiger partial charge on any atom is 0.342 e. The molecule has 0 atom stereocenters. The number of nitro groups is 1. The van der Waals surface area contributed by atoms with Crippen molar-refractivity contribution in [2.45, 2.75) is 0 Å². The van der Waals surface area contributed by atoms with Crippen molar-refractivity contribution in [1.82, 2.24) is 0 Å². The first-order chi connectivity index (χ1) is 5.63. The third-order valence-corrected chi connectivity index (χ3v) is 1.33. The molecule has 13 heavy (non-hydrogen) atoms. The molecule has 70 valence electrons. The van der Waals surface area contributed by atoms with Crippen molar-refractivity contribution in [1.29, 1.82) is 0 Å². The molecular weight excluding hydrogens is 198 g/mol. The minimum atomic E-state index is -1.29. The fourth-order valence-electron chi connectivity index (χ4n) is 0.814. The molecule has 0 spiro atoms. The Labute approximate surface area is 79.6 Å². The van der Waals surface area contributed by atoms with Crippen LogP contribution >= 0.6 is 12.4 Å². The average molecular weight is 204 g/mol. The van der Waals surface area contributed by atoms with Gasteiger partial charge in [0.2, 0.25) is 0 Å². The summed E-state index contributed by atoms with van der Waals surface area (Å²) in [5.74, 6) is -1.29. The van der Waals surface area contributed by atoms with E-state index in [1.54, 1.807) is 0 Å². The van der Waals surface area contributed by atoms with Crippen LogP contribution in [0.4, 0.5) is 5.69 Å². The van der Waals surface area contributed by atoms with Crippen molar-refractivity contribution < 1.29 is 14.8 Å². The molecule has 1 aromatic rings. The monoisotopic (exact) mass is 203 g/mol. The SMILES string of the molecule is Cl.O=C(O)c1ccccc1[N+](=O)[O-]. The van der Waals surface area contributed by atoms with Gasteiger partial charge in [0, 0.05) is 6.07 Å². The van der Waals surface area contributed by atoms with E-state index in [1.165, 1.54) is 18.2 Å². The zero-order chi connectivity index (χ0) is 9.14. The molecule has 0 fully saturated rings. The molecule has 0 aromatic heterocycles. The summed E-state index contributed by atoms with van der Waals surface area (Å²) < 4.78 is 0. The first-order valence-corrected chi connectivity index (χ1v) is 3.09. The van der Waals surface area contributed by atoms with Crippen LogP contribution in [0.5, 0.6) is 0 Å². The van der Waals surface area contributed by atoms with E-state index in [0.717, 1.165) is 6.07 Å². The predicted octanol–water partition coefficient (Wildman–Crippen LogP) is 1.71. The molecule has 0 saturated heterocycles. The molecule has 6 heteroatoms. The molecule has 1 aromatic carbocycles. The van der Waals surface area contributed by atoms with Crippen molar-refractivity contribution >= 4 is 24.1 Å². The third kappa shape index (κ3) is 2.41. The Morgan fingerprint density at radius 1 is 1.38 bits per heavy atom. The molecular formula is C7H6ClNO4. The summed E-state index contributed by atoms with van der Waals surface area (Å²) in [4.78, 5) is 20.0. The van der Waals surface area contributed by atoms with Crippen molar-refractivity contribution in [3.05, 3.63) is 39.9 Å². The predicted molar refractivity (Wildman–Crippen MR) is 47.3 cm³/mol. The van der Waals surface area contributed by atoms with Crippen LogP contribution in [-0.2, 0) is 0 Å². The Bertz CT molecular complexity index is 306. The topological polar surface area (TPSA) is 80.4 Å². The minimum absolute atomic E-state index is 0. The van der Waals surface area contributed by atoms with Gasteiger partial charge in [-0.05, 0) is 6.07 Å².